The molecule has 0 aromatic heterocycles. The van der Waals surface area contributed by atoms with Gasteiger partial charge in [-0.05, 0) is 31.0 Å². The van der Waals surface area contributed by atoms with Gasteiger partial charge in [-0.1, -0.05) is 13.8 Å². The van der Waals surface area contributed by atoms with Crippen LogP contribution in [-0.4, -0.2) is 43.6 Å². The van der Waals surface area contributed by atoms with Crippen LogP contribution >= 0.6 is 0 Å². The highest BCUT2D eigenvalue weighted by molar-refractivity contribution is 5.90. The Bertz CT molecular complexity index is 519. The molecule has 1 fully saturated rings. The van der Waals surface area contributed by atoms with Crippen molar-refractivity contribution in [2.45, 2.75) is 33.2 Å². The number of likely N-dealkylation sites (tertiary alicyclic amines) is 1. The van der Waals surface area contributed by atoms with Crippen LogP contribution in [0.4, 0.5) is 11.4 Å². The summed E-state index contributed by atoms with van der Waals surface area (Å²) in [4.78, 5) is 13.7. The molecule has 1 aromatic rings. The lowest BCUT2D eigenvalue weighted by atomic mass is 9.93. The lowest BCUT2D eigenvalue weighted by molar-refractivity contribution is -0.114. The van der Waals surface area contributed by atoms with E-state index in [4.69, 9.17) is 4.74 Å². The van der Waals surface area contributed by atoms with E-state index in [9.17, 15) is 4.79 Å². The molecular formula is C17H27N3O2. The molecule has 22 heavy (non-hydrogen) atoms. The molecule has 0 spiro atoms. The number of anilines is 2. The zero-order chi connectivity index (χ0) is 16.1. The number of benzene rings is 1. The molecule has 0 unspecified atom stereocenters. The number of rotatable bonds is 5. The molecular weight excluding hydrogens is 278 g/mol. The molecule has 2 N–H and O–H groups in total. The zero-order valence-corrected chi connectivity index (χ0v) is 14.0. The van der Waals surface area contributed by atoms with Gasteiger partial charge >= 0.3 is 0 Å². The largest absolute Gasteiger partial charge is 0.494 e. The summed E-state index contributed by atoms with van der Waals surface area (Å²) >= 11 is 0. The Morgan fingerprint density at radius 3 is 2.82 bits per heavy atom. The lowest BCUT2D eigenvalue weighted by Crippen LogP contribution is -2.45. The number of hydrogen-bond donors (Lipinski definition) is 2. The number of ether oxygens (including phenoxy) is 1. The first-order chi connectivity index (χ1) is 10.5. The van der Waals surface area contributed by atoms with Gasteiger partial charge in [0, 0.05) is 37.8 Å². The maximum Gasteiger partial charge on any atom is 0.221 e. The van der Waals surface area contributed by atoms with Crippen molar-refractivity contribution in [3.63, 3.8) is 0 Å². The summed E-state index contributed by atoms with van der Waals surface area (Å²) in [7, 11) is 1.62. The van der Waals surface area contributed by atoms with Crippen LogP contribution in [0.15, 0.2) is 18.2 Å². The highest BCUT2D eigenvalue weighted by atomic mass is 16.5. The van der Waals surface area contributed by atoms with E-state index in [1.54, 1.807) is 7.11 Å². The highest BCUT2D eigenvalue weighted by Crippen LogP contribution is 2.29. The van der Waals surface area contributed by atoms with Crippen molar-refractivity contribution < 1.29 is 9.53 Å². The number of carbonyl (C=O) groups is 1. The Morgan fingerprint density at radius 1 is 1.45 bits per heavy atom. The number of nitrogens with one attached hydrogen (secondary N) is 2. The average molecular weight is 305 g/mol. The SMILES string of the molecule is CCN1CC[C@H](Nc2ccc(NC(C)=O)c(OC)c2)[C@H](C)C1. The van der Waals surface area contributed by atoms with Crippen molar-refractivity contribution in [1.82, 2.24) is 4.90 Å². The summed E-state index contributed by atoms with van der Waals surface area (Å²) in [5.41, 5.74) is 1.74. The van der Waals surface area contributed by atoms with Crippen LogP contribution < -0.4 is 15.4 Å². The van der Waals surface area contributed by atoms with Gasteiger partial charge in [-0.25, -0.2) is 0 Å². The van der Waals surface area contributed by atoms with Gasteiger partial charge in [0.15, 0.2) is 0 Å². The van der Waals surface area contributed by atoms with Crippen molar-refractivity contribution >= 4 is 17.3 Å². The standard InChI is InChI=1S/C17H27N3O2/c1-5-20-9-8-15(12(2)11-20)19-14-6-7-16(18-13(3)21)17(10-14)22-4/h6-7,10,12,15,19H,5,8-9,11H2,1-4H3,(H,18,21)/t12-,15+/m1/s1. The fourth-order valence-electron chi connectivity index (χ4n) is 3.02. The van der Waals surface area contributed by atoms with Gasteiger partial charge in [0.05, 0.1) is 12.8 Å². The van der Waals surface area contributed by atoms with Crippen LogP contribution in [0.1, 0.15) is 27.2 Å². The Labute approximate surface area is 133 Å². The van der Waals surface area contributed by atoms with Crippen LogP contribution in [0.5, 0.6) is 5.75 Å². The fraction of sp³-hybridized carbons (Fsp3) is 0.588. The normalized spacial score (nSPS) is 22.2. The third-order valence-electron chi connectivity index (χ3n) is 4.30. The molecule has 1 aromatic carbocycles. The number of methoxy groups -OCH3 is 1. The first-order valence-electron chi connectivity index (χ1n) is 7.98. The Balaban J connectivity index is 2.05. The van der Waals surface area contributed by atoms with Gasteiger partial charge in [-0.15, -0.1) is 0 Å². The molecule has 0 aliphatic carbocycles. The number of piperidine rings is 1. The van der Waals surface area contributed by atoms with Crippen LogP contribution in [-0.2, 0) is 4.79 Å². The van der Waals surface area contributed by atoms with E-state index in [2.05, 4.69) is 29.4 Å². The minimum atomic E-state index is -0.0976. The van der Waals surface area contributed by atoms with Crippen molar-refractivity contribution in [2.75, 3.05) is 37.4 Å². The molecule has 1 aliphatic heterocycles. The number of nitrogens with zero attached hydrogens (tertiary/aromatic N) is 1. The van der Waals surface area contributed by atoms with E-state index in [1.165, 1.54) is 6.92 Å². The monoisotopic (exact) mass is 305 g/mol. The van der Waals surface area contributed by atoms with E-state index < -0.39 is 0 Å². The quantitative estimate of drug-likeness (QED) is 0.878. The van der Waals surface area contributed by atoms with Crippen molar-refractivity contribution in [3.05, 3.63) is 18.2 Å². The molecule has 1 aliphatic rings. The van der Waals surface area contributed by atoms with Crippen LogP contribution in [0.3, 0.4) is 0 Å². The highest BCUT2D eigenvalue weighted by Gasteiger charge is 2.25. The molecule has 0 saturated carbocycles. The van der Waals surface area contributed by atoms with E-state index in [-0.39, 0.29) is 5.91 Å². The number of amides is 1. The lowest BCUT2D eigenvalue weighted by Gasteiger charge is -2.37. The van der Waals surface area contributed by atoms with Gasteiger partial charge in [0.1, 0.15) is 5.75 Å². The molecule has 5 nitrogen and oxygen atoms in total. The molecule has 0 radical (unpaired) electrons. The second-order valence-corrected chi connectivity index (χ2v) is 6.01. The van der Waals surface area contributed by atoms with Crippen LogP contribution in [0, 0.1) is 5.92 Å². The summed E-state index contributed by atoms with van der Waals surface area (Å²) in [6, 6.07) is 6.30. The summed E-state index contributed by atoms with van der Waals surface area (Å²) < 4.78 is 5.37. The number of carbonyl (C=O) groups excluding carboxylic acids is 1. The van der Waals surface area contributed by atoms with E-state index in [1.807, 2.05) is 18.2 Å². The van der Waals surface area contributed by atoms with Gasteiger partial charge in [0.2, 0.25) is 5.91 Å². The molecule has 1 heterocycles. The molecule has 2 rings (SSSR count). The Kier molecular flexibility index (Phi) is 5.66. The van der Waals surface area contributed by atoms with Gasteiger partial charge in [-0.3, -0.25) is 4.79 Å². The smallest absolute Gasteiger partial charge is 0.221 e. The minimum Gasteiger partial charge on any atom is -0.494 e. The van der Waals surface area contributed by atoms with Crippen LogP contribution in [0.25, 0.3) is 0 Å². The second-order valence-electron chi connectivity index (χ2n) is 6.01. The van der Waals surface area contributed by atoms with Crippen molar-refractivity contribution in [3.8, 4) is 5.75 Å². The molecule has 1 saturated heterocycles. The molecule has 1 amide bonds. The molecule has 0 bridgehead atoms. The summed E-state index contributed by atoms with van der Waals surface area (Å²) in [6.07, 6.45) is 1.14. The Morgan fingerprint density at radius 2 is 2.23 bits per heavy atom. The average Bonchev–Trinajstić information content (AvgIpc) is 2.50. The van der Waals surface area contributed by atoms with Crippen molar-refractivity contribution in [2.24, 2.45) is 5.92 Å². The summed E-state index contributed by atoms with van der Waals surface area (Å²) in [6.45, 7) is 9.40. The summed E-state index contributed by atoms with van der Waals surface area (Å²) in [5, 5.41) is 6.39. The second kappa shape index (κ2) is 7.49. The minimum absolute atomic E-state index is 0.0976. The van der Waals surface area contributed by atoms with E-state index in [0.717, 1.165) is 31.7 Å². The maximum absolute atomic E-state index is 11.2. The fourth-order valence-corrected chi connectivity index (χ4v) is 3.02. The number of hydrogen-bond acceptors (Lipinski definition) is 4. The van der Waals surface area contributed by atoms with Crippen molar-refractivity contribution in [1.29, 1.82) is 0 Å². The van der Waals surface area contributed by atoms with Crippen LogP contribution in [0.2, 0.25) is 0 Å². The van der Waals surface area contributed by atoms with Gasteiger partial charge in [0.25, 0.3) is 0 Å². The molecule has 122 valence electrons. The maximum atomic E-state index is 11.2. The predicted octanol–water partition coefficient (Wildman–Crippen LogP) is 2.80. The summed E-state index contributed by atoms with van der Waals surface area (Å²) in [5.74, 6) is 1.19. The topological polar surface area (TPSA) is 53.6 Å². The van der Waals surface area contributed by atoms with E-state index in [0.29, 0.717) is 23.4 Å². The Hall–Kier alpha value is -1.75. The predicted molar refractivity (Wildman–Crippen MR) is 90.6 cm³/mol. The first-order valence-corrected chi connectivity index (χ1v) is 7.98. The zero-order valence-electron chi connectivity index (χ0n) is 14.0. The molecule has 5 heteroatoms. The van der Waals surface area contributed by atoms with E-state index >= 15 is 0 Å². The third-order valence-corrected chi connectivity index (χ3v) is 4.30. The van der Waals surface area contributed by atoms with Gasteiger partial charge < -0.3 is 20.3 Å². The van der Waals surface area contributed by atoms with Gasteiger partial charge in [-0.2, -0.15) is 0 Å². The molecule has 2 atom stereocenters. The first kappa shape index (κ1) is 16.6. The third kappa shape index (κ3) is 4.13.